The van der Waals surface area contributed by atoms with Gasteiger partial charge in [-0.25, -0.2) is 0 Å². The van der Waals surface area contributed by atoms with E-state index in [1.807, 2.05) is 6.07 Å². The highest BCUT2D eigenvalue weighted by molar-refractivity contribution is 7.80. The summed E-state index contributed by atoms with van der Waals surface area (Å²) >= 11 is 6.48. The largest absolute Gasteiger partial charge is 0.242 e. The van der Waals surface area contributed by atoms with Gasteiger partial charge in [0, 0.05) is 4.88 Å². The third-order valence-corrected chi connectivity index (χ3v) is 3.06. The van der Waals surface area contributed by atoms with Gasteiger partial charge in [-0.05, 0) is 30.8 Å². The molecule has 2 rings (SSSR count). The molecule has 1 aliphatic heterocycles. The van der Waals surface area contributed by atoms with Crippen LogP contribution in [0.15, 0.2) is 27.4 Å². The van der Waals surface area contributed by atoms with Gasteiger partial charge in [0.1, 0.15) is 0 Å². The Kier molecular flexibility index (Phi) is 2.28. The lowest BCUT2D eigenvalue weighted by molar-refractivity contribution is 1.19. The molecule has 0 saturated heterocycles. The van der Waals surface area contributed by atoms with Gasteiger partial charge in [-0.1, -0.05) is 6.92 Å². The molecule has 0 atom stereocenters. The predicted molar refractivity (Wildman–Crippen MR) is 57.7 cm³/mol. The molecule has 0 spiro atoms. The second-order valence-corrected chi connectivity index (χ2v) is 4.07. The number of hydrogen-bond acceptors (Lipinski definition) is 3. The Hall–Kier alpha value is -0.940. The SMILES string of the molecule is CCc1ccc(C2=NC(=S)N=N2)s1. The van der Waals surface area contributed by atoms with Crippen molar-refractivity contribution in [2.75, 3.05) is 0 Å². The molecule has 1 aromatic rings. The van der Waals surface area contributed by atoms with Crippen molar-refractivity contribution in [3.8, 4) is 0 Å². The summed E-state index contributed by atoms with van der Waals surface area (Å²) in [4.78, 5) is 6.40. The molecule has 0 amide bonds. The molecule has 0 aromatic carbocycles. The Bertz CT molecular complexity index is 403. The number of nitrogens with zero attached hydrogens (tertiary/aromatic N) is 3. The van der Waals surface area contributed by atoms with Gasteiger partial charge in [-0.2, -0.15) is 4.99 Å². The molecule has 0 unspecified atom stereocenters. The molecule has 0 saturated carbocycles. The maximum Gasteiger partial charge on any atom is 0.242 e. The first-order chi connectivity index (χ1) is 6.29. The summed E-state index contributed by atoms with van der Waals surface area (Å²) < 4.78 is 0. The fourth-order valence-electron chi connectivity index (χ4n) is 1.02. The lowest BCUT2D eigenvalue weighted by atomic mass is 10.3. The molecule has 0 fully saturated rings. The average molecular weight is 209 g/mol. The molecule has 0 aliphatic carbocycles. The lowest BCUT2D eigenvalue weighted by Crippen LogP contribution is -1.88. The Balaban J connectivity index is 2.31. The van der Waals surface area contributed by atoms with Gasteiger partial charge in [0.05, 0.1) is 4.88 Å². The summed E-state index contributed by atoms with van der Waals surface area (Å²) in [5.41, 5.74) is 0. The first-order valence-electron chi connectivity index (χ1n) is 3.93. The number of azo groups is 1. The van der Waals surface area contributed by atoms with Crippen molar-refractivity contribution in [3.63, 3.8) is 0 Å². The quantitative estimate of drug-likeness (QED) is 0.690. The van der Waals surface area contributed by atoms with E-state index in [0.717, 1.165) is 11.3 Å². The summed E-state index contributed by atoms with van der Waals surface area (Å²) in [6, 6.07) is 4.09. The molecular formula is C8H7N3S2. The molecule has 3 nitrogen and oxygen atoms in total. The van der Waals surface area contributed by atoms with Gasteiger partial charge in [-0.15, -0.1) is 21.6 Å². The fourth-order valence-corrected chi connectivity index (χ4v) is 2.02. The van der Waals surface area contributed by atoms with E-state index in [2.05, 4.69) is 28.2 Å². The zero-order valence-corrected chi connectivity index (χ0v) is 8.65. The molecule has 0 radical (unpaired) electrons. The van der Waals surface area contributed by atoms with E-state index in [-0.39, 0.29) is 0 Å². The van der Waals surface area contributed by atoms with Gasteiger partial charge in [0.25, 0.3) is 0 Å². The van der Waals surface area contributed by atoms with Gasteiger partial charge in [0.2, 0.25) is 5.11 Å². The van der Waals surface area contributed by atoms with E-state index in [4.69, 9.17) is 12.2 Å². The number of rotatable bonds is 2. The molecule has 13 heavy (non-hydrogen) atoms. The Morgan fingerprint density at radius 3 is 2.77 bits per heavy atom. The van der Waals surface area contributed by atoms with Crippen LogP contribution in [0, 0.1) is 0 Å². The van der Waals surface area contributed by atoms with Crippen LogP contribution < -0.4 is 0 Å². The van der Waals surface area contributed by atoms with Gasteiger partial charge >= 0.3 is 0 Å². The molecule has 0 bridgehead atoms. The third kappa shape index (κ3) is 1.71. The smallest absolute Gasteiger partial charge is 0.194 e. The summed E-state index contributed by atoms with van der Waals surface area (Å²) in [6.45, 7) is 2.12. The van der Waals surface area contributed by atoms with E-state index in [1.54, 1.807) is 11.3 Å². The van der Waals surface area contributed by atoms with Gasteiger partial charge < -0.3 is 0 Å². The fraction of sp³-hybridized carbons (Fsp3) is 0.250. The van der Waals surface area contributed by atoms with Crippen molar-refractivity contribution in [1.82, 2.24) is 0 Å². The van der Waals surface area contributed by atoms with Gasteiger partial charge in [-0.3, -0.25) is 0 Å². The van der Waals surface area contributed by atoms with Crippen molar-refractivity contribution in [3.05, 3.63) is 21.9 Å². The second-order valence-electron chi connectivity index (χ2n) is 2.54. The number of aryl methyl sites for hydroxylation is 1. The van der Waals surface area contributed by atoms with Crippen LogP contribution in [0.1, 0.15) is 16.7 Å². The van der Waals surface area contributed by atoms with Crippen molar-refractivity contribution in [2.24, 2.45) is 15.2 Å². The summed E-state index contributed by atoms with van der Waals surface area (Å²) in [7, 11) is 0. The highest BCUT2D eigenvalue weighted by Crippen LogP contribution is 2.20. The number of aliphatic imine (C=N–C) groups is 1. The number of thiophene rings is 1. The molecule has 1 aliphatic rings. The first kappa shape index (κ1) is 8.65. The highest BCUT2D eigenvalue weighted by atomic mass is 32.1. The topological polar surface area (TPSA) is 37.1 Å². The Labute approximate surface area is 85.2 Å². The molecular weight excluding hydrogens is 202 g/mol. The van der Waals surface area contributed by atoms with E-state index < -0.39 is 0 Å². The summed E-state index contributed by atoms with van der Waals surface area (Å²) in [5, 5.41) is 7.89. The molecule has 1 aromatic heterocycles. The molecule has 5 heteroatoms. The van der Waals surface area contributed by atoms with Crippen molar-refractivity contribution < 1.29 is 0 Å². The molecule has 0 N–H and O–H groups in total. The van der Waals surface area contributed by atoms with Crippen molar-refractivity contribution >= 4 is 34.5 Å². The minimum atomic E-state index is 0.321. The Morgan fingerprint density at radius 2 is 2.23 bits per heavy atom. The number of hydrogen-bond donors (Lipinski definition) is 0. The zero-order valence-electron chi connectivity index (χ0n) is 7.02. The van der Waals surface area contributed by atoms with Gasteiger partial charge in [0.15, 0.2) is 5.84 Å². The van der Waals surface area contributed by atoms with E-state index >= 15 is 0 Å². The van der Waals surface area contributed by atoms with Crippen LogP contribution in [-0.2, 0) is 6.42 Å². The maximum atomic E-state index is 4.79. The molecule has 66 valence electrons. The monoisotopic (exact) mass is 209 g/mol. The van der Waals surface area contributed by atoms with Crippen molar-refractivity contribution in [1.29, 1.82) is 0 Å². The van der Waals surface area contributed by atoms with Crippen LogP contribution in [0.4, 0.5) is 0 Å². The number of thiocarbonyl (C=S) groups is 1. The van der Waals surface area contributed by atoms with E-state index in [1.165, 1.54) is 4.88 Å². The summed E-state index contributed by atoms with van der Waals surface area (Å²) in [6.07, 6.45) is 1.04. The van der Waals surface area contributed by atoms with Crippen molar-refractivity contribution in [2.45, 2.75) is 13.3 Å². The normalized spacial score (nSPS) is 15.2. The minimum Gasteiger partial charge on any atom is -0.194 e. The first-order valence-corrected chi connectivity index (χ1v) is 5.15. The third-order valence-electron chi connectivity index (χ3n) is 1.66. The molecule has 2 heterocycles. The van der Waals surface area contributed by atoms with Crippen LogP contribution in [0.5, 0.6) is 0 Å². The zero-order chi connectivity index (χ0) is 9.26. The van der Waals surface area contributed by atoms with Crippen LogP contribution in [0.2, 0.25) is 0 Å². The maximum absolute atomic E-state index is 4.79. The predicted octanol–water partition coefficient (Wildman–Crippen LogP) is 2.81. The second kappa shape index (κ2) is 3.43. The Morgan fingerprint density at radius 1 is 1.38 bits per heavy atom. The lowest BCUT2D eigenvalue weighted by Gasteiger charge is -1.86. The highest BCUT2D eigenvalue weighted by Gasteiger charge is 2.11. The minimum absolute atomic E-state index is 0.321. The van der Waals surface area contributed by atoms with Crippen LogP contribution in [-0.4, -0.2) is 10.9 Å². The van der Waals surface area contributed by atoms with Crippen LogP contribution in [0.25, 0.3) is 0 Å². The van der Waals surface area contributed by atoms with Crippen LogP contribution in [0.3, 0.4) is 0 Å². The summed E-state index contributed by atoms with van der Waals surface area (Å²) in [5.74, 6) is 0.648. The standard InChI is InChI=1S/C8H7N3S2/c1-2-5-3-4-6(13-5)7-9-8(12)11-10-7/h3-4H,2H2,1H3. The van der Waals surface area contributed by atoms with Crippen LogP contribution >= 0.6 is 23.6 Å². The number of amidine groups is 1. The average Bonchev–Trinajstić information content (AvgIpc) is 2.71. The van der Waals surface area contributed by atoms with E-state index in [9.17, 15) is 0 Å². The van der Waals surface area contributed by atoms with E-state index in [0.29, 0.717) is 10.9 Å².